The minimum atomic E-state index is -0.666. The van der Waals surface area contributed by atoms with Gasteiger partial charge in [0.25, 0.3) is 5.91 Å². The van der Waals surface area contributed by atoms with E-state index >= 15 is 0 Å². The first kappa shape index (κ1) is 26.7. The number of aryl methyl sites for hydroxylation is 2. The van der Waals surface area contributed by atoms with Crippen molar-refractivity contribution in [3.8, 4) is 5.75 Å². The van der Waals surface area contributed by atoms with Gasteiger partial charge in [-0.05, 0) is 63.3 Å². The van der Waals surface area contributed by atoms with Crippen LogP contribution in [0.2, 0.25) is 0 Å². The Bertz CT molecular complexity index is 1270. The summed E-state index contributed by atoms with van der Waals surface area (Å²) in [5.41, 5.74) is 1.29. The van der Waals surface area contributed by atoms with Crippen molar-refractivity contribution in [2.24, 2.45) is 5.92 Å². The summed E-state index contributed by atoms with van der Waals surface area (Å²) in [7, 11) is 0. The number of carbonyl (C=O) groups is 3. The molecule has 200 valence electrons. The van der Waals surface area contributed by atoms with Crippen molar-refractivity contribution in [1.29, 1.82) is 0 Å². The number of nitrogens with one attached hydrogen (secondary N) is 2. The summed E-state index contributed by atoms with van der Waals surface area (Å²) in [6.45, 7) is 5.49. The SMILES string of the molecule is Cc1cc(OCC(=O)NCC(=O)NCC(=O)N2CC[C@]3(O)CCCC[C@@H]3C2)c2c(C)c(C)c(=O)oc2c1. The van der Waals surface area contributed by atoms with E-state index < -0.39 is 23.0 Å². The van der Waals surface area contributed by atoms with E-state index in [1.807, 2.05) is 6.92 Å². The predicted molar refractivity (Wildman–Crippen MR) is 136 cm³/mol. The van der Waals surface area contributed by atoms with E-state index in [1.165, 1.54) is 0 Å². The van der Waals surface area contributed by atoms with Gasteiger partial charge in [0.15, 0.2) is 6.61 Å². The first-order valence-corrected chi connectivity index (χ1v) is 12.8. The molecule has 2 heterocycles. The molecule has 2 aliphatic rings. The van der Waals surface area contributed by atoms with Gasteiger partial charge in [-0.1, -0.05) is 12.8 Å². The number of ether oxygens (including phenoxy) is 1. The summed E-state index contributed by atoms with van der Waals surface area (Å²) in [5, 5.41) is 16.4. The second kappa shape index (κ2) is 10.9. The maximum atomic E-state index is 12.6. The molecule has 1 aliphatic heterocycles. The van der Waals surface area contributed by atoms with Crippen LogP contribution in [0.5, 0.6) is 5.75 Å². The fraction of sp³-hybridized carbons (Fsp3) is 0.556. The quantitative estimate of drug-likeness (QED) is 0.477. The summed E-state index contributed by atoms with van der Waals surface area (Å²) in [5.74, 6) is -0.684. The molecule has 1 saturated heterocycles. The Hall–Kier alpha value is -3.40. The molecule has 0 spiro atoms. The fourth-order valence-corrected chi connectivity index (χ4v) is 5.32. The van der Waals surface area contributed by atoms with Crippen LogP contribution in [0.3, 0.4) is 0 Å². The molecule has 0 bridgehead atoms. The summed E-state index contributed by atoms with van der Waals surface area (Å²) < 4.78 is 11.1. The highest BCUT2D eigenvalue weighted by Gasteiger charge is 2.43. The molecule has 2 aromatic rings. The van der Waals surface area contributed by atoms with Crippen LogP contribution in [0.15, 0.2) is 21.3 Å². The average molecular weight is 514 g/mol. The van der Waals surface area contributed by atoms with E-state index in [4.69, 9.17) is 9.15 Å². The van der Waals surface area contributed by atoms with E-state index in [2.05, 4.69) is 10.6 Å². The highest BCUT2D eigenvalue weighted by Crippen LogP contribution is 2.39. The number of aliphatic hydroxyl groups is 1. The molecule has 2 fully saturated rings. The molecular formula is C27H35N3O7. The minimum absolute atomic E-state index is 0.0863. The fourth-order valence-electron chi connectivity index (χ4n) is 5.32. The predicted octanol–water partition coefficient (Wildman–Crippen LogP) is 1.48. The van der Waals surface area contributed by atoms with Crippen molar-refractivity contribution in [3.63, 3.8) is 0 Å². The largest absolute Gasteiger partial charge is 0.483 e. The lowest BCUT2D eigenvalue weighted by Gasteiger charge is -2.47. The second-order valence-corrected chi connectivity index (χ2v) is 10.3. The number of amides is 3. The zero-order valence-corrected chi connectivity index (χ0v) is 21.6. The third kappa shape index (κ3) is 5.95. The normalized spacial score (nSPS) is 21.3. The van der Waals surface area contributed by atoms with Gasteiger partial charge >= 0.3 is 5.63 Å². The number of carbonyl (C=O) groups excluding carboxylic acids is 3. The lowest BCUT2D eigenvalue weighted by molar-refractivity contribution is -0.143. The van der Waals surface area contributed by atoms with Crippen LogP contribution in [0.4, 0.5) is 0 Å². The first-order valence-electron chi connectivity index (χ1n) is 12.8. The lowest BCUT2D eigenvalue weighted by Crippen LogP contribution is -2.56. The number of likely N-dealkylation sites (tertiary alicyclic amines) is 1. The van der Waals surface area contributed by atoms with Crippen molar-refractivity contribution in [2.75, 3.05) is 32.8 Å². The molecule has 37 heavy (non-hydrogen) atoms. The summed E-state index contributed by atoms with van der Waals surface area (Å²) >= 11 is 0. The van der Waals surface area contributed by atoms with Crippen LogP contribution < -0.4 is 21.0 Å². The molecule has 0 radical (unpaired) electrons. The first-order chi connectivity index (χ1) is 17.6. The van der Waals surface area contributed by atoms with Gasteiger partial charge in [-0.3, -0.25) is 14.4 Å². The van der Waals surface area contributed by atoms with E-state index in [-0.39, 0.29) is 31.5 Å². The molecule has 1 aliphatic carbocycles. The monoisotopic (exact) mass is 513 g/mol. The number of hydrogen-bond acceptors (Lipinski definition) is 7. The third-order valence-electron chi connectivity index (χ3n) is 7.68. The van der Waals surface area contributed by atoms with E-state index in [1.54, 1.807) is 30.9 Å². The molecule has 10 nitrogen and oxygen atoms in total. The van der Waals surface area contributed by atoms with E-state index in [0.717, 1.165) is 31.2 Å². The van der Waals surface area contributed by atoms with Crippen molar-refractivity contribution < 1.29 is 28.6 Å². The summed E-state index contributed by atoms with van der Waals surface area (Å²) in [6.07, 6.45) is 4.34. The average Bonchev–Trinajstić information content (AvgIpc) is 2.86. The molecular weight excluding hydrogens is 478 g/mol. The maximum Gasteiger partial charge on any atom is 0.339 e. The van der Waals surface area contributed by atoms with Gasteiger partial charge in [-0.2, -0.15) is 0 Å². The van der Waals surface area contributed by atoms with Crippen LogP contribution in [-0.2, 0) is 14.4 Å². The number of rotatable bonds is 7. The van der Waals surface area contributed by atoms with Gasteiger partial charge in [-0.15, -0.1) is 0 Å². The zero-order chi connectivity index (χ0) is 26.7. The van der Waals surface area contributed by atoms with Gasteiger partial charge in [0.2, 0.25) is 11.8 Å². The van der Waals surface area contributed by atoms with Crippen LogP contribution in [0.25, 0.3) is 11.0 Å². The Morgan fingerprint density at radius 2 is 1.84 bits per heavy atom. The second-order valence-electron chi connectivity index (χ2n) is 10.3. The summed E-state index contributed by atoms with van der Waals surface area (Å²) in [4.78, 5) is 50.8. The number of piperidine rings is 1. The molecule has 1 saturated carbocycles. The minimum Gasteiger partial charge on any atom is -0.483 e. The number of hydrogen-bond donors (Lipinski definition) is 3. The number of nitrogens with zero attached hydrogens (tertiary/aromatic N) is 1. The molecule has 0 unspecified atom stereocenters. The maximum absolute atomic E-state index is 12.6. The molecule has 3 amide bonds. The number of fused-ring (bicyclic) bond motifs is 2. The lowest BCUT2D eigenvalue weighted by atomic mass is 9.71. The topological polar surface area (TPSA) is 138 Å². The molecule has 10 heteroatoms. The van der Waals surface area contributed by atoms with Crippen molar-refractivity contribution in [1.82, 2.24) is 15.5 Å². The van der Waals surface area contributed by atoms with Crippen LogP contribution in [0.1, 0.15) is 48.8 Å². The van der Waals surface area contributed by atoms with Crippen LogP contribution in [-0.4, -0.2) is 66.1 Å². The van der Waals surface area contributed by atoms with Crippen LogP contribution >= 0.6 is 0 Å². The Morgan fingerprint density at radius 3 is 2.62 bits per heavy atom. The molecule has 1 aromatic heterocycles. The Kier molecular flexibility index (Phi) is 7.87. The van der Waals surface area contributed by atoms with Crippen LogP contribution in [0, 0.1) is 26.7 Å². The van der Waals surface area contributed by atoms with Crippen molar-refractivity contribution in [3.05, 3.63) is 39.2 Å². The van der Waals surface area contributed by atoms with Gasteiger partial charge < -0.3 is 29.8 Å². The Morgan fingerprint density at radius 1 is 1.08 bits per heavy atom. The van der Waals surface area contributed by atoms with Gasteiger partial charge in [-0.25, -0.2) is 4.79 Å². The highest BCUT2D eigenvalue weighted by atomic mass is 16.5. The third-order valence-corrected chi connectivity index (χ3v) is 7.68. The standard InChI is InChI=1S/C27H35N3O7/c1-16-10-20(25-17(2)18(3)26(34)37-21(25)11-16)36-15-23(32)28-12-22(31)29-13-24(33)30-9-8-27(35)7-5-4-6-19(27)14-30/h10-11,19,35H,4-9,12-15H2,1-3H3,(H,28,32)(H,29,31)/t19-,27-/m1/s1. The van der Waals surface area contributed by atoms with E-state index in [9.17, 15) is 24.3 Å². The number of benzene rings is 1. The molecule has 2 atom stereocenters. The molecule has 4 rings (SSSR count). The summed E-state index contributed by atoms with van der Waals surface area (Å²) in [6, 6.07) is 3.50. The van der Waals surface area contributed by atoms with Crippen molar-refractivity contribution in [2.45, 2.75) is 58.5 Å². The van der Waals surface area contributed by atoms with E-state index in [0.29, 0.717) is 47.4 Å². The Balaban J connectivity index is 1.24. The Labute approximate surface area is 215 Å². The van der Waals surface area contributed by atoms with Gasteiger partial charge in [0.05, 0.1) is 24.1 Å². The van der Waals surface area contributed by atoms with Gasteiger partial charge in [0.1, 0.15) is 11.3 Å². The molecule has 1 aromatic carbocycles. The zero-order valence-electron chi connectivity index (χ0n) is 21.6. The van der Waals surface area contributed by atoms with Gasteiger partial charge in [0, 0.05) is 24.6 Å². The van der Waals surface area contributed by atoms with Crippen molar-refractivity contribution >= 4 is 28.7 Å². The smallest absolute Gasteiger partial charge is 0.339 e. The highest BCUT2D eigenvalue weighted by molar-refractivity contribution is 5.90. The molecule has 3 N–H and O–H groups in total.